The van der Waals surface area contributed by atoms with Crippen LogP contribution in [0.5, 0.6) is 0 Å². The topological polar surface area (TPSA) is 20.2 Å². The first-order valence-corrected chi connectivity index (χ1v) is 7.71. The van der Waals surface area contributed by atoms with Crippen LogP contribution in [0, 0.1) is 5.82 Å². The van der Waals surface area contributed by atoms with Gasteiger partial charge in [-0.15, -0.1) is 11.8 Å². The molecule has 1 nitrogen and oxygen atoms in total. The van der Waals surface area contributed by atoms with Gasteiger partial charge in [-0.3, -0.25) is 0 Å². The summed E-state index contributed by atoms with van der Waals surface area (Å²) in [6, 6.07) is 14.5. The second kappa shape index (κ2) is 6.91. The maximum atomic E-state index is 13.1. The van der Waals surface area contributed by atoms with Crippen molar-refractivity contribution in [2.24, 2.45) is 0 Å². The molecule has 0 fully saturated rings. The molecule has 0 saturated carbocycles. The van der Waals surface area contributed by atoms with Gasteiger partial charge in [-0.05, 0) is 35.2 Å². The summed E-state index contributed by atoms with van der Waals surface area (Å²) in [4.78, 5) is 0.836. The van der Waals surface area contributed by atoms with E-state index in [9.17, 15) is 9.50 Å². The molecule has 0 aliphatic heterocycles. The Morgan fingerprint density at radius 2 is 1.70 bits per heavy atom. The molecule has 20 heavy (non-hydrogen) atoms. The number of rotatable bonds is 5. The minimum Gasteiger partial charge on any atom is -0.388 e. The predicted molar refractivity (Wildman–Crippen MR) is 82.6 cm³/mol. The summed E-state index contributed by atoms with van der Waals surface area (Å²) < 4.78 is 13.1. The van der Waals surface area contributed by atoms with E-state index in [-0.39, 0.29) is 5.82 Å². The summed E-state index contributed by atoms with van der Waals surface area (Å²) in [5.41, 5.74) is 2.16. The molecule has 0 saturated heterocycles. The second-order valence-electron chi connectivity index (χ2n) is 5.11. The third kappa shape index (κ3) is 4.09. The van der Waals surface area contributed by atoms with E-state index in [4.69, 9.17) is 0 Å². The standard InChI is InChI=1S/C17H19FOS/c1-12(2)13-6-8-14(9-7-13)17(19)11-20-16-5-3-4-15(18)10-16/h3-10,12,17,19H,11H2,1-2H3. The van der Waals surface area contributed by atoms with Crippen LogP contribution in [-0.4, -0.2) is 10.9 Å². The van der Waals surface area contributed by atoms with Gasteiger partial charge < -0.3 is 5.11 Å². The molecule has 0 aromatic heterocycles. The highest BCUT2D eigenvalue weighted by molar-refractivity contribution is 7.99. The maximum Gasteiger partial charge on any atom is 0.124 e. The minimum absolute atomic E-state index is 0.245. The summed E-state index contributed by atoms with van der Waals surface area (Å²) in [5.74, 6) is 0.762. The fourth-order valence-electron chi connectivity index (χ4n) is 1.93. The van der Waals surface area contributed by atoms with Crippen molar-refractivity contribution in [3.8, 4) is 0 Å². The van der Waals surface area contributed by atoms with Gasteiger partial charge in [0.25, 0.3) is 0 Å². The normalized spacial score (nSPS) is 12.7. The Bertz CT molecular complexity index is 551. The first kappa shape index (κ1) is 15.1. The van der Waals surface area contributed by atoms with Crippen molar-refractivity contribution in [3.05, 3.63) is 65.5 Å². The summed E-state index contributed by atoms with van der Waals surface area (Å²) in [6.07, 6.45) is -0.538. The number of thioether (sulfide) groups is 1. The van der Waals surface area contributed by atoms with Crippen molar-refractivity contribution in [2.75, 3.05) is 5.75 Å². The average molecular weight is 290 g/mol. The zero-order valence-electron chi connectivity index (χ0n) is 11.7. The van der Waals surface area contributed by atoms with Crippen LogP contribution in [0.2, 0.25) is 0 Å². The number of hydrogen-bond acceptors (Lipinski definition) is 2. The van der Waals surface area contributed by atoms with Crippen LogP contribution in [0.3, 0.4) is 0 Å². The molecule has 2 rings (SSSR count). The Labute approximate surface area is 123 Å². The first-order chi connectivity index (χ1) is 9.56. The van der Waals surface area contributed by atoms with E-state index in [0.717, 1.165) is 10.5 Å². The summed E-state index contributed by atoms with van der Waals surface area (Å²) in [7, 11) is 0. The van der Waals surface area contributed by atoms with E-state index in [1.54, 1.807) is 6.07 Å². The highest BCUT2D eigenvalue weighted by atomic mass is 32.2. The Balaban J connectivity index is 1.96. The van der Waals surface area contributed by atoms with Crippen molar-refractivity contribution in [1.29, 1.82) is 0 Å². The quantitative estimate of drug-likeness (QED) is 0.800. The lowest BCUT2D eigenvalue weighted by Gasteiger charge is -2.12. The highest BCUT2D eigenvalue weighted by Gasteiger charge is 2.09. The van der Waals surface area contributed by atoms with E-state index in [1.807, 2.05) is 18.2 Å². The second-order valence-corrected chi connectivity index (χ2v) is 6.20. The molecule has 1 unspecified atom stereocenters. The van der Waals surface area contributed by atoms with Crippen LogP contribution < -0.4 is 0 Å². The molecule has 0 radical (unpaired) electrons. The maximum absolute atomic E-state index is 13.1. The number of aliphatic hydroxyl groups is 1. The number of halogens is 1. The molecule has 106 valence electrons. The molecule has 0 spiro atoms. The summed E-state index contributed by atoms with van der Waals surface area (Å²) >= 11 is 1.46. The molecule has 2 aromatic rings. The number of hydrogen-bond donors (Lipinski definition) is 1. The largest absolute Gasteiger partial charge is 0.388 e. The monoisotopic (exact) mass is 290 g/mol. The van der Waals surface area contributed by atoms with Crippen molar-refractivity contribution in [1.82, 2.24) is 0 Å². The van der Waals surface area contributed by atoms with Crippen LogP contribution in [0.25, 0.3) is 0 Å². The lowest BCUT2D eigenvalue weighted by molar-refractivity contribution is 0.204. The third-order valence-electron chi connectivity index (χ3n) is 3.19. The molecule has 0 amide bonds. The average Bonchev–Trinajstić information content (AvgIpc) is 2.45. The zero-order valence-corrected chi connectivity index (χ0v) is 12.5. The van der Waals surface area contributed by atoms with Crippen LogP contribution in [0.15, 0.2) is 53.4 Å². The van der Waals surface area contributed by atoms with Gasteiger partial charge in [0.05, 0.1) is 6.10 Å². The Kier molecular flexibility index (Phi) is 5.21. The fraction of sp³-hybridized carbons (Fsp3) is 0.294. The molecule has 0 aliphatic rings. The highest BCUT2D eigenvalue weighted by Crippen LogP contribution is 2.26. The molecule has 1 atom stereocenters. The molecule has 3 heteroatoms. The number of benzene rings is 2. The number of aliphatic hydroxyl groups excluding tert-OH is 1. The van der Waals surface area contributed by atoms with Crippen LogP contribution >= 0.6 is 11.8 Å². The van der Waals surface area contributed by atoms with Crippen molar-refractivity contribution in [3.63, 3.8) is 0 Å². The fourth-order valence-corrected chi connectivity index (χ4v) is 2.84. The summed E-state index contributed by atoms with van der Waals surface area (Å²) in [6.45, 7) is 4.29. The molecule has 0 aliphatic carbocycles. The van der Waals surface area contributed by atoms with E-state index in [0.29, 0.717) is 11.7 Å². The minimum atomic E-state index is -0.538. The van der Waals surface area contributed by atoms with E-state index >= 15 is 0 Å². The van der Waals surface area contributed by atoms with Gasteiger partial charge >= 0.3 is 0 Å². The molecular formula is C17H19FOS. The SMILES string of the molecule is CC(C)c1ccc(C(O)CSc2cccc(F)c2)cc1. The van der Waals surface area contributed by atoms with Crippen molar-refractivity contribution < 1.29 is 9.50 Å². The Morgan fingerprint density at radius 1 is 1.05 bits per heavy atom. The van der Waals surface area contributed by atoms with E-state index in [2.05, 4.69) is 26.0 Å². The smallest absolute Gasteiger partial charge is 0.124 e. The van der Waals surface area contributed by atoms with Crippen LogP contribution in [0.4, 0.5) is 4.39 Å². The van der Waals surface area contributed by atoms with Gasteiger partial charge in [0.1, 0.15) is 5.82 Å². The molecule has 0 heterocycles. The van der Waals surface area contributed by atoms with Crippen LogP contribution in [-0.2, 0) is 0 Å². The first-order valence-electron chi connectivity index (χ1n) is 6.72. The van der Waals surface area contributed by atoms with Gasteiger partial charge in [-0.25, -0.2) is 4.39 Å². The van der Waals surface area contributed by atoms with Gasteiger partial charge in [0.15, 0.2) is 0 Å². The Hall–Kier alpha value is -1.32. The molecular weight excluding hydrogens is 271 g/mol. The third-order valence-corrected chi connectivity index (χ3v) is 4.26. The van der Waals surface area contributed by atoms with E-state index in [1.165, 1.54) is 29.5 Å². The van der Waals surface area contributed by atoms with E-state index < -0.39 is 6.10 Å². The Morgan fingerprint density at radius 3 is 2.30 bits per heavy atom. The molecule has 1 N–H and O–H groups in total. The van der Waals surface area contributed by atoms with Gasteiger partial charge in [0, 0.05) is 10.6 Å². The van der Waals surface area contributed by atoms with Gasteiger partial charge in [0.2, 0.25) is 0 Å². The van der Waals surface area contributed by atoms with Gasteiger partial charge in [-0.2, -0.15) is 0 Å². The zero-order chi connectivity index (χ0) is 14.5. The van der Waals surface area contributed by atoms with Crippen molar-refractivity contribution >= 4 is 11.8 Å². The lowest BCUT2D eigenvalue weighted by Crippen LogP contribution is -2.01. The summed E-state index contributed by atoms with van der Waals surface area (Å²) in [5, 5.41) is 10.2. The predicted octanol–water partition coefficient (Wildman–Crippen LogP) is 4.77. The lowest BCUT2D eigenvalue weighted by atomic mass is 10.0. The molecule has 2 aromatic carbocycles. The van der Waals surface area contributed by atoms with Crippen molar-refractivity contribution in [2.45, 2.75) is 30.8 Å². The van der Waals surface area contributed by atoms with Gasteiger partial charge in [-0.1, -0.05) is 44.2 Å². The molecule has 0 bridgehead atoms. The van der Waals surface area contributed by atoms with Crippen LogP contribution in [0.1, 0.15) is 37.0 Å².